The first-order valence-corrected chi connectivity index (χ1v) is 5.71. The van der Waals surface area contributed by atoms with Crippen LogP contribution in [0.15, 0.2) is 30.1 Å². The fourth-order valence-electron chi connectivity index (χ4n) is 1.56. The van der Waals surface area contributed by atoms with Gasteiger partial charge in [0.05, 0.1) is 5.56 Å². The third-order valence-electron chi connectivity index (χ3n) is 2.62. The van der Waals surface area contributed by atoms with Crippen molar-refractivity contribution in [3.05, 3.63) is 41.3 Å². The van der Waals surface area contributed by atoms with Gasteiger partial charge in [0, 0.05) is 19.2 Å². The van der Waals surface area contributed by atoms with Crippen molar-refractivity contribution >= 4 is 6.08 Å². The molecule has 0 saturated heterocycles. The van der Waals surface area contributed by atoms with E-state index in [-0.39, 0.29) is 5.88 Å². The predicted octanol–water partition coefficient (Wildman–Crippen LogP) is 3.90. The van der Waals surface area contributed by atoms with Crippen LogP contribution in [0.2, 0.25) is 0 Å². The summed E-state index contributed by atoms with van der Waals surface area (Å²) in [4.78, 5) is 1.71. The molecule has 0 amide bonds. The summed E-state index contributed by atoms with van der Waals surface area (Å²) in [5.74, 6) is 0.0553. The van der Waals surface area contributed by atoms with Crippen molar-refractivity contribution in [2.75, 3.05) is 13.1 Å². The van der Waals surface area contributed by atoms with Crippen LogP contribution < -0.4 is 0 Å². The van der Waals surface area contributed by atoms with Gasteiger partial charge in [-0.25, -0.2) is 0 Å². The first-order valence-electron chi connectivity index (χ1n) is 5.71. The molecular weight excluding hydrogens is 243 g/mol. The van der Waals surface area contributed by atoms with Crippen LogP contribution in [-0.4, -0.2) is 23.1 Å². The zero-order valence-electron chi connectivity index (χ0n) is 10.3. The molecule has 1 aromatic rings. The highest BCUT2D eigenvalue weighted by atomic mass is 19.4. The molecule has 18 heavy (non-hydrogen) atoms. The van der Waals surface area contributed by atoms with E-state index in [1.807, 2.05) is 13.8 Å². The minimum Gasteiger partial charge on any atom is -0.495 e. The van der Waals surface area contributed by atoms with E-state index in [1.165, 1.54) is 18.2 Å². The molecule has 100 valence electrons. The summed E-state index contributed by atoms with van der Waals surface area (Å²) in [6, 6.07) is 4.67. The number of rotatable bonds is 4. The van der Waals surface area contributed by atoms with Crippen LogP contribution in [-0.2, 0) is 6.18 Å². The molecule has 1 N–H and O–H groups in total. The van der Waals surface area contributed by atoms with Gasteiger partial charge in [-0.2, -0.15) is 13.2 Å². The molecule has 2 nitrogen and oxygen atoms in total. The summed E-state index contributed by atoms with van der Waals surface area (Å²) in [6.07, 6.45) is -2.88. The van der Waals surface area contributed by atoms with Crippen LogP contribution in [0.4, 0.5) is 13.2 Å². The SMILES string of the molecule is CCN(CC)/C(O)=C/c1ccc(C(F)(F)F)cc1. The Morgan fingerprint density at radius 1 is 1.17 bits per heavy atom. The molecule has 0 radical (unpaired) electrons. The Hall–Kier alpha value is -1.65. The number of hydrogen-bond donors (Lipinski definition) is 1. The van der Waals surface area contributed by atoms with Crippen LogP contribution in [0.3, 0.4) is 0 Å². The monoisotopic (exact) mass is 259 g/mol. The second-order valence-corrected chi connectivity index (χ2v) is 3.79. The lowest BCUT2D eigenvalue weighted by Crippen LogP contribution is -2.21. The van der Waals surface area contributed by atoms with Gasteiger partial charge < -0.3 is 10.0 Å². The fraction of sp³-hybridized carbons (Fsp3) is 0.385. The van der Waals surface area contributed by atoms with Gasteiger partial charge in [0.15, 0.2) is 5.88 Å². The molecule has 0 bridgehead atoms. The number of aliphatic hydroxyl groups excluding tert-OH is 1. The maximum atomic E-state index is 12.3. The number of alkyl halides is 3. The van der Waals surface area contributed by atoms with E-state index in [4.69, 9.17) is 0 Å². The largest absolute Gasteiger partial charge is 0.495 e. The highest BCUT2D eigenvalue weighted by Crippen LogP contribution is 2.29. The van der Waals surface area contributed by atoms with Gasteiger partial charge in [0.2, 0.25) is 0 Å². The van der Waals surface area contributed by atoms with Crippen molar-refractivity contribution in [1.82, 2.24) is 4.90 Å². The highest BCUT2D eigenvalue weighted by molar-refractivity contribution is 5.51. The Labute approximate surface area is 104 Å². The Balaban J connectivity index is 2.89. The Morgan fingerprint density at radius 2 is 1.67 bits per heavy atom. The van der Waals surface area contributed by atoms with Crippen molar-refractivity contribution in [2.24, 2.45) is 0 Å². The summed E-state index contributed by atoms with van der Waals surface area (Å²) in [7, 11) is 0. The molecule has 0 spiro atoms. The molecular formula is C13H16F3NO. The lowest BCUT2D eigenvalue weighted by atomic mass is 10.1. The molecule has 0 aliphatic carbocycles. The van der Waals surface area contributed by atoms with Crippen molar-refractivity contribution < 1.29 is 18.3 Å². The molecule has 0 saturated carbocycles. The molecule has 1 rings (SSSR count). The quantitative estimate of drug-likeness (QED) is 0.829. The third-order valence-corrected chi connectivity index (χ3v) is 2.62. The Bertz CT molecular complexity index is 405. The zero-order chi connectivity index (χ0) is 13.8. The van der Waals surface area contributed by atoms with E-state index in [1.54, 1.807) is 4.90 Å². The van der Waals surface area contributed by atoms with Crippen molar-refractivity contribution in [3.8, 4) is 0 Å². The van der Waals surface area contributed by atoms with Gasteiger partial charge in [-0.3, -0.25) is 0 Å². The number of hydrogen-bond acceptors (Lipinski definition) is 2. The summed E-state index contributed by atoms with van der Waals surface area (Å²) >= 11 is 0. The average molecular weight is 259 g/mol. The maximum absolute atomic E-state index is 12.3. The minimum absolute atomic E-state index is 0.0553. The van der Waals surface area contributed by atoms with Crippen molar-refractivity contribution in [3.63, 3.8) is 0 Å². The molecule has 0 aromatic heterocycles. The standard InChI is InChI=1S/C13H16F3NO/c1-3-17(4-2)12(18)9-10-5-7-11(8-6-10)13(14,15)16/h5-9,18H,3-4H2,1-2H3/b12-9-. The molecule has 0 aliphatic rings. The minimum atomic E-state index is -4.33. The van der Waals surface area contributed by atoms with E-state index in [0.29, 0.717) is 18.7 Å². The van der Waals surface area contributed by atoms with Crippen LogP contribution in [0.1, 0.15) is 25.0 Å². The van der Waals surface area contributed by atoms with Crippen LogP contribution in [0.5, 0.6) is 0 Å². The molecule has 0 heterocycles. The first-order chi connectivity index (χ1) is 8.38. The van der Waals surface area contributed by atoms with Crippen LogP contribution >= 0.6 is 0 Å². The molecule has 0 aliphatic heterocycles. The maximum Gasteiger partial charge on any atom is 0.416 e. The van der Waals surface area contributed by atoms with E-state index in [9.17, 15) is 18.3 Å². The lowest BCUT2D eigenvalue weighted by molar-refractivity contribution is -0.137. The summed E-state index contributed by atoms with van der Waals surface area (Å²) < 4.78 is 37.0. The summed E-state index contributed by atoms with van der Waals surface area (Å²) in [5, 5.41) is 9.76. The van der Waals surface area contributed by atoms with Gasteiger partial charge >= 0.3 is 6.18 Å². The van der Waals surface area contributed by atoms with Crippen LogP contribution in [0.25, 0.3) is 6.08 Å². The van der Waals surface area contributed by atoms with E-state index in [0.717, 1.165) is 12.1 Å². The smallest absolute Gasteiger partial charge is 0.416 e. The number of benzene rings is 1. The normalized spacial score (nSPS) is 12.6. The molecule has 0 fully saturated rings. The fourth-order valence-corrected chi connectivity index (χ4v) is 1.56. The van der Waals surface area contributed by atoms with Crippen molar-refractivity contribution in [2.45, 2.75) is 20.0 Å². The first kappa shape index (κ1) is 14.4. The van der Waals surface area contributed by atoms with Gasteiger partial charge in [-0.1, -0.05) is 12.1 Å². The number of nitrogens with zero attached hydrogens (tertiary/aromatic N) is 1. The van der Waals surface area contributed by atoms with Crippen molar-refractivity contribution in [1.29, 1.82) is 0 Å². The van der Waals surface area contributed by atoms with E-state index < -0.39 is 11.7 Å². The summed E-state index contributed by atoms with van der Waals surface area (Å²) in [6.45, 7) is 5.06. The molecule has 0 unspecified atom stereocenters. The lowest BCUT2D eigenvalue weighted by Gasteiger charge is -2.19. The molecule has 1 aromatic carbocycles. The van der Waals surface area contributed by atoms with Gasteiger partial charge in [0.25, 0.3) is 0 Å². The number of aliphatic hydroxyl groups is 1. The summed E-state index contributed by atoms with van der Waals surface area (Å²) in [5.41, 5.74) is -0.158. The van der Waals surface area contributed by atoms with Gasteiger partial charge in [-0.05, 0) is 31.5 Å². The average Bonchev–Trinajstić information content (AvgIpc) is 2.30. The van der Waals surface area contributed by atoms with E-state index in [2.05, 4.69) is 0 Å². The van der Waals surface area contributed by atoms with Gasteiger partial charge in [-0.15, -0.1) is 0 Å². The third kappa shape index (κ3) is 3.68. The molecule has 0 atom stereocenters. The second-order valence-electron chi connectivity index (χ2n) is 3.79. The molecule has 5 heteroatoms. The Morgan fingerprint density at radius 3 is 2.06 bits per heavy atom. The highest BCUT2D eigenvalue weighted by Gasteiger charge is 2.29. The number of halogens is 3. The predicted molar refractivity (Wildman–Crippen MR) is 65.0 cm³/mol. The topological polar surface area (TPSA) is 23.5 Å². The van der Waals surface area contributed by atoms with E-state index >= 15 is 0 Å². The van der Waals surface area contributed by atoms with Crippen LogP contribution in [0, 0.1) is 0 Å². The zero-order valence-corrected chi connectivity index (χ0v) is 10.3. The Kier molecular flexibility index (Phi) is 4.64. The van der Waals surface area contributed by atoms with Gasteiger partial charge in [0.1, 0.15) is 0 Å². The second kappa shape index (κ2) is 5.80.